The van der Waals surface area contributed by atoms with E-state index in [1.54, 1.807) is 14.2 Å². The summed E-state index contributed by atoms with van der Waals surface area (Å²) in [5, 5.41) is 3.04. The fraction of sp³-hybridized carbons (Fsp3) is 0.435. The summed E-state index contributed by atoms with van der Waals surface area (Å²) in [6, 6.07) is 14.5. The number of hydrogen-bond acceptors (Lipinski definition) is 4. The van der Waals surface area contributed by atoms with Crippen molar-refractivity contribution < 1.29 is 14.3 Å². The van der Waals surface area contributed by atoms with E-state index in [0.29, 0.717) is 18.0 Å². The molecule has 1 fully saturated rings. The van der Waals surface area contributed by atoms with Crippen LogP contribution in [-0.2, 0) is 13.0 Å². The van der Waals surface area contributed by atoms with E-state index in [9.17, 15) is 4.79 Å². The summed E-state index contributed by atoms with van der Waals surface area (Å²) in [6.45, 7) is 6.97. The van der Waals surface area contributed by atoms with Crippen molar-refractivity contribution in [1.29, 1.82) is 0 Å². The third-order valence-corrected chi connectivity index (χ3v) is 5.29. The Morgan fingerprint density at radius 3 is 2.41 bits per heavy atom. The molecule has 1 aliphatic heterocycles. The van der Waals surface area contributed by atoms with Gasteiger partial charge in [-0.3, -0.25) is 4.90 Å². The number of carbonyl (C=O) groups excluding carboxylic acids is 1. The van der Waals surface area contributed by atoms with Crippen LogP contribution < -0.4 is 14.8 Å². The van der Waals surface area contributed by atoms with Crippen LogP contribution in [0.5, 0.6) is 11.5 Å². The largest absolute Gasteiger partial charge is 0.493 e. The Bertz CT molecular complexity index is 817. The molecule has 6 heteroatoms. The van der Waals surface area contributed by atoms with Crippen LogP contribution in [0.3, 0.4) is 0 Å². The summed E-state index contributed by atoms with van der Waals surface area (Å²) < 4.78 is 10.6. The van der Waals surface area contributed by atoms with Crippen molar-refractivity contribution in [2.24, 2.45) is 0 Å². The van der Waals surface area contributed by atoms with Gasteiger partial charge in [-0.1, -0.05) is 35.9 Å². The van der Waals surface area contributed by atoms with Gasteiger partial charge in [0.25, 0.3) is 0 Å². The van der Waals surface area contributed by atoms with E-state index >= 15 is 0 Å². The van der Waals surface area contributed by atoms with E-state index in [2.05, 4.69) is 41.4 Å². The maximum absolute atomic E-state index is 12.5. The van der Waals surface area contributed by atoms with E-state index in [-0.39, 0.29) is 6.03 Å². The molecule has 1 heterocycles. The van der Waals surface area contributed by atoms with Gasteiger partial charge in [0.05, 0.1) is 14.2 Å². The van der Waals surface area contributed by atoms with Crippen molar-refractivity contribution in [3.05, 3.63) is 59.2 Å². The molecule has 0 radical (unpaired) electrons. The smallest absolute Gasteiger partial charge is 0.317 e. The molecule has 2 amide bonds. The maximum Gasteiger partial charge on any atom is 0.317 e. The normalized spacial score (nSPS) is 14.5. The van der Waals surface area contributed by atoms with Crippen molar-refractivity contribution in [2.45, 2.75) is 19.9 Å². The van der Waals surface area contributed by atoms with Crippen LogP contribution in [0.4, 0.5) is 4.79 Å². The minimum Gasteiger partial charge on any atom is -0.493 e. The summed E-state index contributed by atoms with van der Waals surface area (Å²) in [5.74, 6) is 1.42. The molecule has 2 aromatic rings. The second-order valence-electron chi connectivity index (χ2n) is 7.42. The predicted octanol–water partition coefficient (Wildman–Crippen LogP) is 3.08. The fourth-order valence-corrected chi connectivity index (χ4v) is 3.64. The van der Waals surface area contributed by atoms with E-state index in [4.69, 9.17) is 9.47 Å². The van der Waals surface area contributed by atoms with Crippen molar-refractivity contribution in [1.82, 2.24) is 15.1 Å². The van der Waals surface area contributed by atoms with Gasteiger partial charge in [-0.05, 0) is 36.6 Å². The molecule has 0 spiro atoms. The Labute approximate surface area is 173 Å². The van der Waals surface area contributed by atoms with Gasteiger partial charge in [0, 0.05) is 39.3 Å². The highest BCUT2D eigenvalue weighted by atomic mass is 16.5. The lowest BCUT2D eigenvalue weighted by atomic mass is 10.1. The highest BCUT2D eigenvalue weighted by Gasteiger charge is 2.20. The van der Waals surface area contributed by atoms with Gasteiger partial charge in [0.1, 0.15) is 0 Å². The second kappa shape index (κ2) is 10.2. The van der Waals surface area contributed by atoms with Crippen molar-refractivity contribution in [3.8, 4) is 11.5 Å². The molecule has 0 aliphatic carbocycles. The van der Waals surface area contributed by atoms with Gasteiger partial charge in [0.15, 0.2) is 11.5 Å². The standard InChI is InChI=1S/C23H31N3O3/c1-18-5-4-6-20(15-18)17-25-11-13-26(14-12-25)23(27)24-10-9-19-7-8-21(28-2)22(16-19)29-3/h4-8,15-16H,9-14,17H2,1-3H3,(H,24,27). The summed E-state index contributed by atoms with van der Waals surface area (Å²) in [6.07, 6.45) is 0.749. The Kier molecular flexibility index (Phi) is 7.36. The minimum atomic E-state index is 0.0145. The molecule has 6 nitrogen and oxygen atoms in total. The Hall–Kier alpha value is -2.73. The number of nitrogens with zero attached hydrogens (tertiary/aromatic N) is 2. The van der Waals surface area contributed by atoms with Gasteiger partial charge in [0.2, 0.25) is 0 Å². The average Bonchev–Trinajstić information content (AvgIpc) is 2.74. The monoisotopic (exact) mass is 397 g/mol. The number of aryl methyl sites for hydroxylation is 1. The SMILES string of the molecule is COc1ccc(CCNC(=O)N2CCN(Cc3cccc(C)c3)CC2)cc1OC. The molecule has 1 N–H and O–H groups in total. The van der Waals surface area contributed by atoms with E-state index in [1.165, 1.54) is 11.1 Å². The first kappa shape index (κ1) is 21.0. The van der Waals surface area contributed by atoms with Crippen LogP contribution in [0.1, 0.15) is 16.7 Å². The van der Waals surface area contributed by atoms with Gasteiger partial charge >= 0.3 is 6.03 Å². The van der Waals surface area contributed by atoms with Crippen LogP contribution in [0, 0.1) is 6.92 Å². The Morgan fingerprint density at radius 2 is 1.72 bits per heavy atom. The number of nitrogens with one attached hydrogen (secondary N) is 1. The van der Waals surface area contributed by atoms with Crippen molar-refractivity contribution in [3.63, 3.8) is 0 Å². The third kappa shape index (κ3) is 5.87. The summed E-state index contributed by atoms with van der Waals surface area (Å²) in [4.78, 5) is 16.8. The summed E-state index contributed by atoms with van der Waals surface area (Å²) in [5.41, 5.74) is 3.72. The number of benzene rings is 2. The van der Waals surface area contributed by atoms with Crippen LogP contribution in [0.2, 0.25) is 0 Å². The molecule has 0 unspecified atom stereocenters. The predicted molar refractivity (Wildman–Crippen MR) is 115 cm³/mol. The maximum atomic E-state index is 12.5. The molecule has 1 saturated heterocycles. The number of methoxy groups -OCH3 is 2. The molecular formula is C23H31N3O3. The first-order valence-corrected chi connectivity index (χ1v) is 10.1. The fourth-order valence-electron chi connectivity index (χ4n) is 3.64. The van der Waals surface area contributed by atoms with E-state index in [0.717, 1.165) is 44.7 Å². The molecule has 1 aliphatic rings. The summed E-state index contributed by atoms with van der Waals surface area (Å²) in [7, 11) is 3.25. The van der Waals surface area contributed by atoms with Crippen molar-refractivity contribution in [2.75, 3.05) is 46.9 Å². The van der Waals surface area contributed by atoms with Gasteiger partial charge in [-0.25, -0.2) is 4.79 Å². The third-order valence-electron chi connectivity index (χ3n) is 5.29. The Balaban J connectivity index is 1.41. The van der Waals surface area contributed by atoms with Gasteiger partial charge in [-0.2, -0.15) is 0 Å². The van der Waals surface area contributed by atoms with Crippen LogP contribution in [0.25, 0.3) is 0 Å². The molecule has 3 rings (SSSR count). The zero-order valence-electron chi connectivity index (χ0n) is 17.6. The molecule has 0 atom stereocenters. The lowest BCUT2D eigenvalue weighted by Gasteiger charge is -2.34. The zero-order chi connectivity index (χ0) is 20.6. The van der Waals surface area contributed by atoms with E-state index in [1.807, 2.05) is 23.1 Å². The molecule has 2 aromatic carbocycles. The number of ether oxygens (including phenoxy) is 2. The van der Waals surface area contributed by atoms with Gasteiger partial charge < -0.3 is 19.7 Å². The topological polar surface area (TPSA) is 54.0 Å². The molecular weight excluding hydrogens is 366 g/mol. The highest BCUT2D eigenvalue weighted by Crippen LogP contribution is 2.27. The quantitative estimate of drug-likeness (QED) is 0.780. The average molecular weight is 398 g/mol. The second-order valence-corrected chi connectivity index (χ2v) is 7.42. The van der Waals surface area contributed by atoms with Gasteiger partial charge in [-0.15, -0.1) is 0 Å². The summed E-state index contributed by atoms with van der Waals surface area (Å²) >= 11 is 0. The Morgan fingerprint density at radius 1 is 0.966 bits per heavy atom. The first-order valence-electron chi connectivity index (χ1n) is 10.1. The van der Waals surface area contributed by atoms with Crippen LogP contribution in [-0.4, -0.2) is 62.8 Å². The number of carbonyl (C=O) groups is 1. The molecule has 156 valence electrons. The van der Waals surface area contributed by atoms with Crippen LogP contribution in [0.15, 0.2) is 42.5 Å². The van der Waals surface area contributed by atoms with Crippen LogP contribution >= 0.6 is 0 Å². The van der Waals surface area contributed by atoms with E-state index < -0.39 is 0 Å². The lowest BCUT2D eigenvalue weighted by molar-refractivity contribution is 0.135. The molecule has 0 bridgehead atoms. The number of urea groups is 1. The molecule has 29 heavy (non-hydrogen) atoms. The zero-order valence-corrected chi connectivity index (χ0v) is 17.6. The number of rotatable bonds is 7. The number of hydrogen-bond donors (Lipinski definition) is 1. The van der Waals surface area contributed by atoms with Crippen molar-refractivity contribution >= 4 is 6.03 Å². The number of piperazine rings is 1. The molecule has 0 aromatic heterocycles. The molecule has 0 saturated carbocycles. The minimum absolute atomic E-state index is 0.0145. The first-order chi connectivity index (χ1) is 14.1. The lowest BCUT2D eigenvalue weighted by Crippen LogP contribution is -2.51. The highest BCUT2D eigenvalue weighted by molar-refractivity contribution is 5.74. The number of amides is 2.